The molecule has 0 amide bonds. The first kappa shape index (κ1) is 17.2. The smallest absolute Gasteiger partial charge is 0.0112 e. The zero-order valence-electron chi connectivity index (χ0n) is 14.6. The van der Waals surface area contributed by atoms with E-state index in [1.807, 2.05) is 0 Å². The van der Waals surface area contributed by atoms with Gasteiger partial charge < -0.3 is 5.73 Å². The second kappa shape index (κ2) is 8.50. The van der Waals surface area contributed by atoms with Gasteiger partial charge in [0.1, 0.15) is 0 Å². The first-order valence-electron chi connectivity index (χ1n) is 9.33. The number of nitrogens with zero attached hydrogens (tertiary/aromatic N) is 2. The van der Waals surface area contributed by atoms with Gasteiger partial charge in [-0.05, 0) is 70.0 Å². The Bertz CT molecular complexity index is 294. The van der Waals surface area contributed by atoms with Crippen molar-refractivity contribution in [1.82, 2.24) is 9.80 Å². The Morgan fingerprint density at radius 2 is 1.86 bits per heavy atom. The molecule has 2 aliphatic rings. The van der Waals surface area contributed by atoms with Crippen molar-refractivity contribution in [2.45, 2.75) is 71.4 Å². The van der Waals surface area contributed by atoms with Crippen LogP contribution < -0.4 is 5.73 Å². The molecule has 2 rings (SSSR count). The van der Waals surface area contributed by atoms with Gasteiger partial charge in [0, 0.05) is 25.2 Å². The molecule has 0 spiro atoms. The molecular weight excluding hydrogens is 258 g/mol. The molecule has 2 N–H and O–H groups in total. The van der Waals surface area contributed by atoms with Crippen LogP contribution in [0.25, 0.3) is 0 Å². The molecule has 1 saturated carbocycles. The fourth-order valence-electron chi connectivity index (χ4n) is 4.38. The molecule has 0 aromatic heterocycles. The zero-order chi connectivity index (χ0) is 15.2. The van der Waals surface area contributed by atoms with Crippen LogP contribution in [0, 0.1) is 11.8 Å². The summed E-state index contributed by atoms with van der Waals surface area (Å²) in [5.41, 5.74) is 5.79. The molecule has 1 aliphatic heterocycles. The third kappa shape index (κ3) is 4.67. The van der Waals surface area contributed by atoms with Gasteiger partial charge in [0.25, 0.3) is 0 Å². The predicted molar refractivity (Wildman–Crippen MR) is 91.5 cm³/mol. The first-order valence-corrected chi connectivity index (χ1v) is 9.33. The molecule has 3 heteroatoms. The van der Waals surface area contributed by atoms with E-state index in [4.69, 9.17) is 5.73 Å². The van der Waals surface area contributed by atoms with Gasteiger partial charge in [-0.1, -0.05) is 20.8 Å². The van der Waals surface area contributed by atoms with Crippen molar-refractivity contribution >= 4 is 0 Å². The van der Waals surface area contributed by atoms with Crippen LogP contribution in [-0.2, 0) is 0 Å². The zero-order valence-corrected chi connectivity index (χ0v) is 14.6. The summed E-state index contributed by atoms with van der Waals surface area (Å²) in [5.74, 6) is 1.84. The minimum atomic E-state index is 0.709. The fraction of sp³-hybridized carbons (Fsp3) is 1.00. The third-order valence-corrected chi connectivity index (χ3v) is 6.14. The summed E-state index contributed by atoms with van der Waals surface area (Å²) < 4.78 is 0. The molecule has 2 fully saturated rings. The van der Waals surface area contributed by atoms with Crippen molar-refractivity contribution in [3.05, 3.63) is 0 Å². The topological polar surface area (TPSA) is 32.5 Å². The van der Waals surface area contributed by atoms with Gasteiger partial charge in [0.15, 0.2) is 0 Å². The maximum absolute atomic E-state index is 5.79. The predicted octanol–water partition coefficient (Wildman–Crippen LogP) is 2.95. The first-order chi connectivity index (χ1) is 10.2. The average molecular weight is 296 g/mol. The molecule has 1 aliphatic carbocycles. The summed E-state index contributed by atoms with van der Waals surface area (Å²) in [4.78, 5) is 5.51. The van der Waals surface area contributed by atoms with Crippen LogP contribution in [0.1, 0.15) is 59.3 Å². The molecule has 124 valence electrons. The lowest BCUT2D eigenvalue weighted by Gasteiger charge is -2.39. The van der Waals surface area contributed by atoms with E-state index in [0.717, 1.165) is 30.8 Å². The largest absolute Gasteiger partial charge is 0.330 e. The van der Waals surface area contributed by atoms with Crippen molar-refractivity contribution in [3.63, 3.8) is 0 Å². The fourth-order valence-corrected chi connectivity index (χ4v) is 4.38. The van der Waals surface area contributed by atoms with Crippen molar-refractivity contribution in [2.24, 2.45) is 17.6 Å². The lowest BCUT2D eigenvalue weighted by Crippen LogP contribution is -2.43. The standard InChI is InChI=1S/C18H37N3/c1-4-17(8-9-19)20-10-5-11-21(13-12-20)18-7-6-15(2)16(3)14-18/h15-18H,4-14,19H2,1-3H3. The lowest BCUT2D eigenvalue weighted by molar-refractivity contribution is 0.108. The maximum Gasteiger partial charge on any atom is 0.0112 e. The van der Waals surface area contributed by atoms with Gasteiger partial charge in [-0.15, -0.1) is 0 Å². The minimum Gasteiger partial charge on any atom is -0.330 e. The highest BCUT2D eigenvalue weighted by atomic mass is 15.2. The van der Waals surface area contributed by atoms with Crippen molar-refractivity contribution < 1.29 is 0 Å². The van der Waals surface area contributed by atoms with Crippen LogP contribution in [0.4, 0.5) is 0 Å². The Balaban J connectivity index is 1.85. The molecule has 0 radical (unpaired) electrons. The summed E-state index contributed by atoms with van der Waals surface area (Å²) in [6.07, 6.45) is 8.01. The van der Waals surface area contributed by atoms with E-state index < -0.39 is 0 Å². The summed E-state index contributed by atoms with van der Waals surface area (Å²) in [6, 6.07) is 1.56. The molecule has 21 heavy (non-hydrogen) atoms. The lowest BCUT2D eigenvalue weighted by atomic mass is 9.78. The number of rotatable bonds is 5. The van der Waals surface area contributed by atoms with E-state index in [2.05, 4.69) is 30.6 Å². The average Bonchev–Trinajstić information content (AvgIpc) is 2.73. The van der Waals surface area contributed by atoms with Crippen LogP contribution in [0.5, 0.6) is 0 Å². The van der Waals surface area contributed by atoms with Crippen molar-refractivity contribution in [3.8, 4) is 0 Å². The van der Waals surface area contributed by atoms with E-state index in [1.165, 1.54) is 58.3 Å². The Labute approximate surface area is 132 Å². The van der Waals surface area contributed by atoms with E-state index in [1.54, 1.807) is 0 Å². The molecule has 4 unspecified atom stereocenters. The Hall–Kier alpha value is -0.120. The quantitative estimate of drug-likeness (QED) is 0.846. The Morgan fingerprint density at radius 1 is 1.05 bits per heavy atom. The van der Waals surface area contributed by atoms with Gasteiger partial charge in [-0.2, -0.15) is 0 Å². The highest BCUT2D eigenvalue weighted by Crippen LogP contribution is 2.32. The third-order valence-electron chi connectivity index (χ3n) is 6.14. The molecule has 3 nitrogen and oxygen atoms in total. The van der Waals surface area contributed by atoms with Crippen LogP contribution in [0.3, 0.4) is 0 Å². The second-order valence-electron chi connectivity index (χ2n) is 7.49. The van der Waals surface area contributed by atoms with Crippen LogP contribution >= 0.6 is 0 Å². The molecule has 4 atom stereocenters. The van der Waals surface area contributed by atoms with Gasteiger partial charge >= 0.3 is 0 Å². The Kier molecular flexibility index (Phi) is 6.97. The number of hydrogen-bond acceptors (Lipinski definition) is 3. The van der Waals surface area contributed by atoms with E-state index in [0.29, 0.717) is 6.04 Å². The van der Waals surface area contributed by atoms with Gasteiger partial charge in [-0.25, -0.2) is 0 Å². The van der Waals surface area contributed by atoms with Gasteiger partial charge in [0.05, 0.1) is 0 Å². The maximum atomic E-state index is 5.79. The van der Waals surface area contributed by atoms with Crippen molar-refractivity contribution in [1.29, 1.82) is 0 Å². The molecular formula is C18H37N3. The monoisotopic (exact) mass is 295 g/mol. The highest BCUT2D eigenvalue weighted by Gasteiger charge is 2.30. The van der Waals surface area contributed by atoms with Crippen LogP contribution in [0.15, 0.2) is 0 Å². The molecule has 0 aromatic carbocycles. The molecule has 1 saturated heterocycles. The summed E-state index contributed by atoms with van der Waals surface area (Å²) in [6.45, 7) is 13.1. The summed E-state index contributed by atoms with van der Waals surface area (Å²) in [7, 11) is 0. The second-order valence-corrected chi connectivity index (χ2v) is 7.49. The van der Waals surface area contributed by atoms with Gasteiger partial charge in [0.2, 0.25) is 0 Å². The van der Waals surface area contributed by atoms with E-state index >= 15 is 0 Å². The number of nitrogens with two attached hydrogens (primary N) is 1. The normalized spacial score (nSPS) is 34.6. The highest BCUT2D eigenvalue weighted by molar-refractivity contribution is 4.85. The van der Waals surface area contributed by atoms with Crippen LogP contribution in [-0.4, -0.2) is 54.6 Å². The van der Waals surface area contributed by atoms with Gasteiger partial charge in [-0.3, -0.25) is 9.80 Å². The van der Waals surface area contributed by atoms with Crippen molar-refractivity contribution in [2.75, 3.05) is 32.7 Å². The molecule has 0 aromatic rings. The SMILES string of the molecule is CCC(CCN)N1CCCN(C2CCC(C)C(C)C2)CC1. The Morgan fingerprint density at radius 3 is 2.52 bits per heavy atom. The summed E-state index contributed by atoms with van der Waals surface area (Å²) >= 11 is 0. The van der Waals surface area contributed by atoms with E-state index in [-0.39, 0.29) is 0 Å². The summed E-state index contributed by atoms with van der Waals surface area (Å²) in [5, 5.41) is 0. The van der Waals surface area contributed by atoms with Crippen LogP contribution in [0.2, 0.25) is 0 Å². The van der Waals surface area contributed by atoms with E-state index in [9.17, 15) is 0 Å². The molecule has 1 heterocycles. The molecule has 0 bridgehead atoms. The minimum absolute atomic E-state index is 0.709. The number of hydrogen-bond donors (Lipinski definition) is 1.